The molecule has 2 rings (SSSR count). The van der Waals surface area contributed by atoms with E-state index < -0.39 is 0 Å². The van der Waals surface area contributed by atoms with E-state index in [1.807, 2.05) is 17.7 Å². The number of likely N-dealkylation sites (N-methyl/N-ethyl adjacent to an activating group) is 1. The third-order valence-electron chi connectivity index (χ3n) is 3.30. The van der Waals surface area contributed by atoms with Crippen molar-refractivity contribution in [2.24, 2.45) is 5.92 Å². The van der Waals surface area contributed by atoms with Crippen molar-refractivity contribution in [3.05, 3.63) is 24.0 Å². The van der Waals surface area contributed by atoms with E-state index in [9.17, 15) is 4.79 Å². The summed E-state index contributed by atoms with van der Waals surface area (Å²) in [5.41, 5.74) is 1.33. The molecule has 21 heavy (non-hydrogen) atoms. The van der Waals surface area contributed by atoms with Crippen LogP contribution in [0.2, 0.25) is 0 Å². The number of fused-ring (bicyclic) bond motifs is 1. The summed E-state index contributed by atoms with van der Waals surface area (Å²) in [7, 11) is 0. The average Bonchev–Trinajstić information content (AvgIpc) is 2.85. The zero-order valence-electron chi connectivity index (χ0n) is 12.8. The van der Waals surface area contributed by atoms with Gasteiger partial charge in [-0.05, 0) is 18.9 Å². The van der Waals surface area contributed by atoms with Crippen LogP contribution >= 0.6 is 0 Å². The van der Waals surface area contributed by atoms with E-state index in [0.717, 1.165) is 17.6 Å². The predicted octanol–water partition coefficient (Wildman–Crippen LogP) is 1.54. The zero-order valence-corrected chi connectivity index (χ0v) is 12.8. The van der Waals surface area contributed by atoms with E-state index in [4.69, 9.17) is 5.11 Å². The quantitative estimate of drug-likeness (QED) is 0.876. The Hall–Kier alpha value is -1.95. The predicted molar refractivity (Wildman–Crippen MR) is 81.0 cm³/mol. The number of pyridine rings is 1. The van der Waals surface area contributed by atoms with Crippen molar-refractivity contribution in [1.82, 2.24) is 19.7 Å². The van der Waals surface area contributed by atoms with Gasteiger partial charge in [0.15, 0.2) is 5.65 Å². The molecule has 2 heterocycles. The molecule has 2 aromatic heterocycles. The molecule has 0 spiro atoms. The highest BCUT2D eigenvalue weighted by Gasteiger charge is 2.16. The Balaban J connectivity index is 2.29. The van der Waals surface area contributed by atoms with Gasteiger partial charge in [0.2, 0.25) is 0 Å². The number of carbonyl (C=O) groups excluding carboxylic acids is 1. The number of amides is 1. The molecule has 0 aliphatic heterocycles. The van der Waals surface area contributed by atoms with Crippen molar-refractivity contribution in [2.75, 3.05) is 19.7 Å². The van der Waals surface area contributed by atoms with Crippen molar-refractivity contribution in [1.29, 1.82) is 0 Å². The molecule has 1 N–H and O–H groups in total. The van der Waals surface area contributed by atoms with Gasteiger partial charge in [-0.3, -0.25) is 4.79 Å². The molecule has 0 aliphatic carbocycles. The molecule has 0 unspecified atom stereocenters. The molecule has 0 radical (unpaired) electrons. The van der Waals surface area contributed by atoms with Crippen LogP contribution in [-0.4, -0.2) is 50.4 Å². The van der Waals surface area contributed by atoms with Gasteiger partial charge in [-0.2, -0.15) is 5.10 Å². The molecule has 0 aliphatic rings. The highest BCUT2D eigenvalue weighted by molar-refractivity contribution is 5.96. The van der Waals surface area contributed by atoms with Gasteiger partial charge in [0.25, 0.3) is 5.91 Å². The first-order chi connectivity index (χ1) is 10.1. The highest BCUT2D eigenvalue weighted by atomic mass is 16.3. The fourth-order valence-corrected chi connectivity index (χ4v) is 2.27. The lowest BCUT2D eigenvalue weighted by Crippen LogP contribution is -2.33. The molecule has 114 valence electrons. The molecule has 2 aromatic rings. The Kier molecular flexibility index (Phi) is 4.90. The minimum Gasteiger partial charge on any atom is -0.395 e. The summed E-state index contributed by atoms with van der Waals surface area (Å²) in [4.78, 5) is 18.3. The van der Waals surface area contributed by atoms with E-state index in [2.05, 4.69) is 23.9 Å². The van der Waals surface area contributed by atoms with E-state index in [-0.39, 0.29) is 12.5 Å². The van der Waals surface area contributed by atoms with Crippen molar-refractivity contribution < 1.29 is 9.90 Å². The highest BCUT2D eigenvalue weighted by Crippen LogP contribution is 2.15. The Morgan fingerprint density at radius 1 is 1.43 bits per heavy atom. The van der Waals surface area contributed by atoms with Crippen LogP contribution in [0.4, 0.5) is 0 Å². The topological polar surface area (TPSA) is 71.2 Å². The minimum absolute atomic E-state index is 0.0401. The second-order valence-electron chi connectivity index (χ2n) is 5.47. The summed E-state index contributed by atoms with van der Waals surface area (Å²) in [5.74, 6) is 0.369. The standard InChI is InChI=1S/C15H22N4O2/c1-4-18(5-6-20)15(21)13-7-12-9-17-19(10-11(2)3)14(12)16-8-13/h7-9,11,20H,4-6,10H2,1-3H3. The van der Waals surface area contributed by atoms with Gasteiger partial charge in [0.1, 0.15) is 0 Å². The number of hydrogen-bond acceptors (Lipinski definition) is 4. The molecule has 6 nitrogen and oxygen atoms in total. The first-order valence-corrected chi connectivity index (χ1v) is 7.28. The lowest BCUT2D eigenvalue weighted by molar-refractivity contribution is 0.0732. The van der Waals surface area contributed by atoms with Crippen molar-refractivity contribution in [3.8, 4) is 0 Å². The molecular weight excluding hydrogens is 268 g/mol. The first kappa shape index (κ1) is 15.4. The largest absolute Gasteiger partial charge is 0.395 e. The van der Waals surface area contributed by atoms with Gasteiger partial charge in [-0.25, -0.2) is 9.67 Å². The molecule has 0 saturated carbocycles. The Labute approximate surface area is 124 Å². The number of nitrogens with zero attached hydrogens (tertiary/aromatic N) is 4. The summed E-state index contributed by atoms with van der Waals surface area (Å²) in [6.45, 7) is 7.79. The molecule has 0 bridgehead atoms. The van der Waals surface area contributed by atoms with E-state index in [1.165, 1.54) is 0 Å². The second-order valence-corrected chi connectivity index (χ2v) is 5.47. The van der Waals surface area contributed by atoms with Crippen LogP contribution in [0.1, 0.15) is 31.1 Å². The Bertz CT molecular complexity index is 621. The fraction of sp³-hybridized carbons (Fsp3) is 0.533. The van der Waals surface area contributed by atoms with Crippen LogP contribution in [0, 0.1) is 5.92 Å². The number of aliphatic hydroxyl groups is 1. The van der Waals surface area contributed by atoms with Crippen molar-refractivity contribution in [2.45, 2.75) is 27.3 Å². The maximum Gasteiger partial charge on any atom is 0.255 e. The number of carbonyl (C=O) groups is 1. The molecule has 0 atom stereocenters. The summed E-state index contributed by atoms with van der Waals surface area (Å²) in [5, 5.41) is 14.2. The maximum absolute atomic E-state index is 12.3. The average molecular weight is 290 g/mol. The first-order valence-electron chi connectivity index (χ1n) is 7.28. The summed E-state index contributed by atoms with van der Waals surface area (Å²) in [6, 6.07) is 1.81. The number of hydrogen-bond donors (Lipinski definition) is 1. The van der Waals surface area contributed by atoms with Gasteiger partial charge >= 0.3 is 0 Å². The number of rotatable bonds is 6. The van der Waals surface area contributed by atoms with Crippen LogP contribution < -0.4 is 0 Å². The molecule has 6 heteroatoms. The van der Waals surface area contributed by atoms with Gasteiger partial charge < -0.3 is 10.0 Å². The second kappa shape index (κ2) is 6.67. The van der Waals surface area contributed by atoms with E-state index in [1.54, 1.807) is 17.3 Å². The number of aliphatic hydroxyl groups excluding tert-OH is 1. The molecule has 0 saturated heterocycles. The monoisotopic (exact) mass is 290 g/mol. The molecule has 0 fully saturated rings. The maximum atomic E-state index is 12.3. The third kappa shape index (κ3) is 3.39. The van der Waals surface area contributed by atoms with Crippen LogP contribution in [-0.2, 0) is 6.54 Å². The van der Waals surface area contributed by atoms with Gasteiger partial charge in [-0.15, -0.1) is 0 Å². The lowest BCUT2D eigenvalue weighted by Gasteiger charge is -2.19. The normalized spacial score (nSPS) is 11.3. The SMILES string of the molecule is CCN(CCO)C(=O)c1cnc2c(cnn2CC(C)C)c1. The fourth-order valence-electron chi connectivity index (χ4n) is 2.27. The molecular formula is C15H22N4O2. The van der Waals surface area contributed by atoms with E-state index in [0.29, 0.717) is 24.6 Å². The summed E-state index contributed by atoms with van der Waals surface area (Å²) in [6.07, 6.45) is 3.33. The van der Waals surface area contributed by atoms with Crippen LogP contribution in [0.3, 0.4) is 0 Å². The smallest absolute Gasteiger partial charge is 0.255 e. The van der Waals surface area contributed by atoms with Crippen molar-refractivity contribution >= 4 is 16.9 Å². The Morgan fingerprint density at radius 2 is 2.19 bits per heavy atom. The third-order valence-corrected chi connectivity index (χ3v) is 3.30. The molecule has 0 aromatic carbocycles. The molecule has 1 amide bonds. The van der Waals surface area contributed by atoms with Gasteiger partial charge in [0.05, 0.1) is 18.4 Å². The van der Waals surface area contributed by atoms with Crippen LogP contribution in [0.25, 0.3) is 11.0 Å². The summed E-state index contributed by atoms with van der Waals surface area (Å²) < 4.78 is 1.86. The zero-order chi connectivity index (χ0) is 15.4. The lowest BCUT2D eigenvalue weighted by atomic mass is 10.2. The van der Waals surface area contributed by atoms with Gasteiger partial charge in [0, 0.05) is 31.2 Å². The van der Waals surface area contributed by atoms with Crippen LogP contribution in [0.5, 0.6) is 0 Å². The van der Waals surface area contributed by atoms with Crippen molar-refractivity contribution in [3.63, 3.8) is 0 Å². The van der Waals surface area contributed by atoms with E-state index >= 15 is 0 Å². The minimum atomic E-state index is -0.113. The Morgan fingerprint density at radius 3 is 2.81 bits per heavy atom. The van der Waals surface area contributed by atoms with Gasteiger partial charge in [-0.1, -0.05) is 13.8 Å². The van der Waals surface area contributed by atoms with Crippen LogP contribution in [0.15, 0.2) is 18.5 Å². The summed E-state index contributed by atoms with van der Waals surface area (Å²) >= 11 is 0. The number of aromatic nitrogens is 3.